The van der Waals surface area contributed by atoms with Gasteiger partial charge in [0.2, 0.25) is 0 Å². The minimum atomic E-state index is -1.07. The molecule has 8 heteroatoms. The number of hydrogen-bond donors (Lipinski definition) is 3. The minimum Gasteiger partial charge on any atom is -0.478 e. The number of carboxylic acids is 1. The van der Waals surface area contributed by atoms with Gasteiger partial charge >= 0.3 is 5.97 Å². The van der Waals surface area contributed by atoms with Crippen LogP contribution in [-0.2, 0) is 6.42 Å². The van der Waals surface area contributed by atoms with Gasteiger partial charge in [0.15, 0.2) is 5.65 Å². The normalized spacial score (nSPS) is 10.9. The van der Waals surface area contributed by atoms with E-state index in [9.17, 15) is 14.7 Å². The Balaban J connectivity index is 1.45. The topological polar surface area (TPSA) is 108 Å². The zero-order chi connectivity index (χ0) is 20.4. The Hall–Kier alpha value is -3.52. The van der Waals surface area contributed by atoms with Gasteiger partial charge in [-0.25, -0.2) is 14.8 Å². The molecule has 0 saturated carbocycles. The highest BCUT2D eigenvalue weighted by Gasteiger charge is 2.16. The summed E-state index contributed by atoms with van der Waals surface area (Å²) in [4.78, 5) is 36.5. The Morgan fingerprint density at radius 1 is 1.17 bits per heavy atom. The summed E-state index contributed by atoms with van der Waals surface area (Å²) in [6.45, 7) is 2.59. The highest BCUT2D eigenvalue weighted by atomic mass is 32.1. The molecular weight excluding hydrogens is 388 g/mol. The van der Waals surface area contributed by atoms with E-state index >= 15 is 0 Å². The van der Waals surface area contributed by atoms with Crippen LogP contribution in [-0.4, -0.2) is 38.5 Å². The number of aromatic amines is 1. The van der Waals surface area contributed by atoms with Crippen LogP contribution in [0.5, 0.6) is 0 Å². The van der Waals surface area contributed by atoms with Crippen molar-refractivity contribution < 1.29 is 14.7 Å². The number of carbonyl (C=O) groups excluding carboxylic acids is 1. The highest BCUT2D eigenvalue weighted by Crippen LogP contribution is 2.28. The maximum atomic E-state index is 12.4. The fourth-order valence-corrected chi connectivity index (χ4v) is 3.81. The fourth-order valence-electron chi connectivity index (χ4n) is 2.93. The molecule has 0 aliphatic rings. The van der Waals surface area contributed by atoms with E-state index in [0.29, 0.717) is 28.3 Å². The van der Waals surface area contributed by atoms with Crippen molar-refractivity contribution >= 4 is 34.4 Å². The van der Waals surface area contributed by atoms with Crippen LogP contribution < -0.4 is 5.32 Å². The van der Waals surface area contributed by atoms with Gasteiger partial charge in [0.05, 0.1) is 21.6 Å². The molecule has 1 aromatic carbocycles. The molecular formula is C21H18N4O3S. The van der Waals surface area contributed by atoms with E-state index in [-0.39, 0.29) is 11.5 Å². The molecule has 0 saturated heterocycles. The average Bonchev–Trinajstić information content (AvgIpc) is 3.36. The summed E-state index contributed by atoms with van der Waals surface area (Å²) in [6, 6.07) is 11.8. The molecule has 0 spiro atoms. The van der Waals surface area contributed by atoms with Crippen molar-refractivity contribution in [2.75, 3.05) is 6.54 Å². The van der Waals surface area contributed by atoms with E-state index < -0.39 is 5.97 Å². The largest absolute Gasteiger partial charge is 0.478 e. The molecule has 3 heterocycles. The van der Waals surface area contributed by atoms with Gasteiger partial charge in [-0.3, -0.25) is 4.79 Å². The molecule has 146 valence electrons. The molecule has 3 N–H and O–H groups in total. The van der Waals surface area contributed by atoms with Gasteiger partial charge < -0.3 is 15.4 Å². The maximum Gasteiger partial charge on any atom is 0.339 e. The molecule has 0 aliphatic heterocycles. The average molecular weight is 406 g/mol. The second-order valence-electron chi connectivity index (χ2n) is 6.62. The predicted octanol–water partition coefficient (Wildman–Crippen LogP) is 3.67. The SMILES string of the molecule is Cc1ccc(CCNC(=O)c2ccc(-c3cnc4[nH]cc(C(=O)O)c4n3)s2)cc1. The van der Waals surface area contributed by atoms with Crippen LogP contribution in [0.4, 0.5) is 0 Å². The second-order valence-corrected chi connectivity index (χ2v) is 7.70. The lowest BCUT2D eigenvalue weighted by Gasteiger charge is -2.04. The fraction of sp³-hybridized carbons (Fsp3) is 0.143. The molecule has 0 aliphatic carbocycles. The third kappa shape index (κ3) is 4.02. The number of aryl methyl sites for hydroxylation is 1. The Morgan fingerprint density at radius 3 is 2.72 bits per heavy atom. The van der Waals surface area contributed by atoms with Crippen molar-refractivity contribution in [1.82, 2.24) is 20.3 Å². The number of nitrogens with zero attached hydrogens (tertiary/aromatic N) is 2. The minimum absolute atomic E-state index is 0.0694. The first-order chi connectivity index (χ1) is 14.0. The molecule has 7 nitrogen and oxygen atoms in total. The first kappa shape index (κ1) is 18.8. The molecule has 0 fully saturated rings. The van der Waals surface area contributed by atoms with Crippen LogP contribution >= 0.6 is 11.3 Å². The van der Waals surface area contributed by atoms with Crippen molar-refractivity contribution in [3.63, 3.8) is 0 Å². The van der Waals surface area contributed by atoms with Gasteiger partial charge in [-0.1, -0.05) is 29.8 Å². The molecule has 0 atom stereocenters. The number of nitrogens with one attached hydrogen (secondary N) is 2. The van der Waals surface area contributed by atoms with Gasteiger partial charge in [-0.15, -0.1) is 11.3 Å². The summed E-state index contributed by atoms with van der Waals surface area (Å²) < 4.78 is 0. The van der Waals surface area contributed by atoms with Crippen LogP contribution in [0, 0.1) is 6.92 Å². The Morgan fingerprint density at radius 2 is 1.97 bits per heavy atom. The number of carbonyl (C=O) groups is 2. The van der Waals surface area contributed by atoms with Crippen molar-refractivity contribution in [3.05, 3.63) is 70.4 Å². The van der Waals surface area contributed by atoms with E-state index in [1.807, 2.05) is 6.92 Å². The van der Waals surface area contributed by atoms with Crippen molar-refractivity contribution in [2.24, 2.45) is 0 Å². The van der Waals surface area contributed by atoms with Crippen LogP contribution in [0.25, 0.3) is 21.7 Å². The van der Waals surface area contributed by atoms with E-state index in [4.69, 9.17) is 0 Å². The standard InChI is InChI=1S/C21H18N4O3S/c1-12-2-4-13(5-3-12)8-9-22-20(26)17-7-6-16(29-17)15-11-24-19-18(25-15)14(10-23-19)21(27)28/h2-7,10-11H,8-9H2,1H3,(H,22,26)(H,23,24)(H,27,28). The van der Waals surface area contributed by atoms with E-state index in [0.717, 1.165) is 11.3 Å². The first-order valence-corrected chi connectivity index (χ1v) is 9.84. The first-order valence-electron chi connectivity index (χ1n) is 9.02. The molecule has 4 aromatic rings. The summed E-state index contributed by atoms with van der Waals surface area (Å²) in [5.74, 6) is -1.21. The molecule has 1 amide bonds. The summed E-state index contributed by atoms with van der Waals surface area (Å²) in [6.07, 6.45) is 3.70. The van der Waals surface area contributed by atoms with Crippen LogP contribution in [0.3, 0.4) is 0 Å². The van der Waals surface area contributed by atoms with Gasteiger partial charge in [-0.05, 0) is 31.0 Å². The van der Waals surface area contributed by atoms with Gasteiger partial charge in [0.25, 0.3) is 5.91 Å². The van der Waals surface area contributed by atoms with E-state index in [2.05, 4.69) is 44.5 Å². The van der Waals surface area contributed by atoms with Gasteiger partial charge in [0.1, 0.15) is 11.1 Å². The van der Waals surface area contributed by atoms with Gasteiger partial charge in [-0.2, -0.15) is 0 Å². The third-order valence-corrected chi connectivity index (χ3v) is 5.62. The Bertz CT molecular complexity index is 1190. The number of hydrogen-bond acceptors (Lipinski definition) is 5. The van der Waals surface area contributed by atoms with Crippen LogP contribution in [0.1, 0.15) is 31.2 Å². The molecule has 4 rings (SSSR count). The quantitative estimate of drug-likeness (QED) is 0.453. The molecule has 0 unspecified atom stereocenters. The summed E-state index contributed by atoms with van der Waals surface area (Å²) in [5, 5.41) is 12.2. The maximum absolute atomic E-state index is 12.4. The van der Waals surface area contributed by atoms with E-state index in [1.54, 1.807) is 18.3 Å². The second kappa shape index (κ2) is 7.84. The number of aromatic carboxylic acids is 1. The van der Waals surface area contributed by atoms with Gasteiger partial charge in [0, 0.05) is 12.7 Å². The molecule has 0 bridgehead atoms. The smallest absolute Gasteiger partial charge is 0.339 e. The Labute approximate surface area is 170 Å². The number of fused-ring (bicyclic) bond motifs is 1. The predicted molar refractivity (Wildman–Crippen MR) is 111 cm³/mol. The number of rotatable bonds is 6. The zero-order valence-corrected chi connectivity index (χ0v) is 16.4. The third-order valence-electron chi connectivity index (χ3n) is 4.51. The lowest BCUT2D eigenvalue weighted by atomic mass is 10.1. The highest BCUT2D eigenvalue weighted by molar-refractivity contribution is 7.17. The Kier molecular flexibility index (Phi) is 5.09. The van der Waals surface area contributed by atoms with E-state index in [1.165, 1.54) is 28.7 Å². The monoisotopic (exact) mass is 406 g/mol. The zero-order valence-electron chi connectivity index (χ0n) is 15.6. The lowest BCUT2D eigenvalue weighted by molar-refractivity contribution is 0.0698. The number of H-pyrrole nitrogens is 1. The number of benzene rings is 1. The van der Waals surface area contributed by atoms with Crippen LogP contribution in [0.2, 0.25) is 0 Å². The van der Waals surface area contributed by atoms with Crippen molar-refractivity contribution in [3.8, 4) is 10.6 Å². The van der Waals surface area contributed by atoms with Crippen molar-refractivity contribution in [2.45, 2.75) is 13.3 Å². The van der Waals surface area contributed by atoms with Crippen molar-refractivity contribution in [1.29, 1.82) is 0 Å². The summed E-state index contributed by atoms with van der Waals surface area (Å²) in [7, 11) is 0. The molecule has 3 aromatic heterocycles. The summed E-state index contributed by atoms with van der Waals surface area (Å²) in [5.41, 5.74) is 3.69. The lowest BCUT2D eigenvalue weighted by Crippen LogP contribution is -2.24. The number of thiophene rings is 1. The number of carboxylic acid groups (broad SMARTS) is 1. The number of aromatic nitrogens is 3. The number of amides is 1. The van der Waals surface area contributed by atoms with Crippen LogP contribution in [0.15, 0.2) is 48.8 Å². The molecule has 29 heavy (non-hydrogen) atoms. The summed E-state index contributed by atoms with van der Waals surface area (Å²) >= 11 is 1.30. The molecule has 0 radical (unpaired) electrons.